The third kappa shape index (κ3) is 4.30. The summed E-state index contributed by atoms with van der Waals surface area (Å²) < 4.78 is 18.5. The number of hydrogen-bond acceptors (Lipinski definition) is 3. The van der Waals surface area contributed by atoms with Crippen molar-refractivity contribution in [2.24, 2.45) is 0 Å². The van der Waals surface area contributed by atoms with Crippen LogP contribution in [0.5, 0.6) is 0 Å². The summed E-state index contributed by atoms with van der Waals surface area (Å²) in [6, 6.07) is 13.0. The zero-order chi connectivity index (χ0) is 15.9. The predicted octanol–water partition coefficient (Wildman–Crippen LogP) is 3.59. The van der Waals surface area contributed by atoms with E-state index in [0.29, 0.717) is 0 Å². The molecule has 0 aliphatic rings. The first-order valence-electron chi connectivity index (χ1n) is 6.49. The average molecular weight is 322 g/mol. The minimum atomic E-state index is -0.760. The van der Waals surface area contributed by atoms with Gasteiger partial charge in [0.2, 0.25) is 0 Å². The summed E-state index contributed by atoms with van der Waals surface area (Å²) >= 11 is 5.78. The first kappa shape index (κ1) is 16.0. The third-order valence-corrected chi connectivity index (χ3v) is 3.16. The van der Waals surface area contributed by atoms with Crippen LogP contribution in [-0.2, 0) is 11.3 Å². The summed E-state index contributed by atoms with van der Waals surface area (Å²) in [6.45, 7) is -0.310. The monoisotopic (exact) mass is 321 g/mol. The molecule has 0 aromatic heterocycles. The molecule has 0 aliphatic carbocycles. The summed E-state index contributed by atoms with van der Waals surface area (Å²) in [7, 11) is 0. The number of nitrogens with one attached hydrogen (secondary N) is 1. The number of amides is 1. The SMILES string of the molecule is O=C(NCC(=O)c1c(F)cccc1Cl)OCc1ccccc1. The molecule has 2 aromatic rings. The van der Waals surface area contributed by atoms with Crippen molar-refractivity contribution < 1.29 is 18.7 Å². The number of carbonyl (C=O) groups excluding carboxylic acids is 2. The molecule has 1 amide bonds. The predicted molar refractivity (Wildman–Crippen MR) is 80.4 cm³/mol. The van der Waals surface area contributed by atoms with Gasteiger partial charge >= 0.3 is 6.09 Å². The molecule has 0 unspecified atom stereocenters. The molecule has 22 heavy (non-hydrogen) atoms. The highest BCUT2D eigenvalue weighted by molar-refractivity contribution is 6.34. The number of carbonyl (C=O) groups is 2. The molecule has 0 fully saturated rings. The van der Waals surface area contributed by atoms with Crippen LogP contribution >= 0.6 is 11.6 Å². The summed E-state index contributed by atoms with van der Waals surface area (Å²) in [4.78, 5) is 23.4. The molecule has 2 rings (SSSR count). The Kier molecular flexibility index (Phi) is 5.49. The second kappa shape index (κ2) is 7.56. The van der Waals surface area contributed by atoms with E-state index in [1.807, 2.05) is 18.2 Å². The van der Waals surface area contributed by atoms with Crippen molar-refractivity contribution in [1.29, 1.82) is 0 Å². The van der Waals surface area contributed by atoms with E-state index in [9.17, 15) is 14.0 Å². The van der Waals surface area contributed by atoms with Crippen molar-refractivity contribution in [3.63, 3.8) is 0 Å². The van der Waals surface area contributed by atoms with E-state index in [1.165, 1.54) is 12.1 Å². The van der Waals surface area contributed by atoms with Crippen molar-refractivity contribution in [2.75, 3.05) is 6.54 Å². The van der Waals surface area contributed by atoms with Gasteiger partial charge in [-0.1, -0.05) is 48.0 Å². The Hall–Kier alpha value is -2.40. The van der Waals surface area contributed by atoms with Gasteiger partial charge < -0.3 is 10.1 Å². The summed E-state index contributed by atoms with van der Waals surface area (Å²) in [5.74, 6) is -1.35. The van der Waals surface area contributed by atoms with Crippen LogP contribution in [0, 0.1) is 5.82 Å². The van der Waals surface area contributed by atoms with Crippen molar-refractivity contribution in [2.45, 2.75) is 6.61 Å². The van der Waals surface area contributed by atoms with Gasteiger partial charge in [-0.15, -0.1) is 0 Å². The van der Waals surface area contributed by atoms with E-state index >= 15 is 0 Å². The summed E-state index contributed by atoms with van der Waals surface area (Å²) in [6.07, 6.45) is -0.760. The van der Waals surface area contributed by atoms with Crippen LogP contribution in [0.1, 0.15) is 15.9 Å². The highest BCUT2D eigenvalue weighted by Gasteiger charge is 2.16. The standard InChI is InChI=1S/C16H13ClFNO3/c17-12-7-4-8-13(18)15(12)14(20)9-19-16(21)22-10-11-5-2-1-3-6-11/h1-8H,9-10H2,(H,19,21). The van der Waals surface area contributed by atoms with Gasteiger partial charge in [0, 0.05) is 0 Å². The Morgan fingerprint density at radius 3 is 2.50 bits per heavy atom. The molecule has 1 N–H and O–H groups in total. The Balaban J connectivity index is 1.85. The van der Waals surface area contributed by atoms with Crippen LogP contribution in [0.4, 0.5) is 9.18 Å². The van der Waals surface area contributed by atoms with E-state index in [-0.39, 0.29) is 17.2 Å². The zero-order valence-electron chi connectivity index (χ0n) is 11.5. The van der Waals surface area contributed by atoms with Crippen LogP contribution in [0.2, 0.25) is 5.02 Å². The minimum Gasteiger partial charge on any atom is -0.445 e. The van der Waals surface area contributed by atoms with Gasteiger partial charge in [0.05, 0.1) is 17.1 Å². The van der Waals surface area contributed by atoms with Crippen LogP contribution in [0.3, 0.4) is 0 Å². The maximum absolute atomic E-state index is 13.5. The number of halogens is 2. The van der Waals surface area contributed by atoms with Crippen molar-refractivity contribution >= 4 is 23.5 Å². The fourth-order valence-electron chi connectivity index (χ4n) is 1.78. The molecule has 2 aromatic carbocycles. The maximum atomic E-state index is 13.5. The van der Waals surface area contributed by atoms with Gasteiger partial charge in [0.1, 0.15) is 12.4 Å². The molecule has 0 saturated carbocycles. The van der Waals surface area contributed by atoms with Crippen LogP contribution in [-0.4, -0.2) is 18.4 Å². The Morgan fingerprint density at radius 1 is 1.09 bits per heavy atom. The van der Waals surface area contributed by atoms with E-state index in [4.69, 9.17) is 16.3 Å². The molecule has 0 bridgehead atoms. The van der Waals surface area contributed by atoms with Gasteiger partial charge in [0.15, 0.2) is 5.78 Å². The number of ketones is 1. The number of benzene rings is 2. The second-order valence-corrected chi connectivity index (χ2v) is 4.84. The molecular formula is C16H13ClFNO3. The lowest BCUT2D eigenvalue weighted by molar-refractivity contribution is 0.0970. The zero-order valence-corrected chi connectivity index (χ0v) is 12.3. The molecule has 0 spiro atoms. The Morgan fingerprint density at radius 2 is 1.82 bits per heavy atom. The molecule has 0 atom stereocenters. The number of Topliss-reactive ketones (excluding diaryl/α,β-unsaturated/α-hetero) is 1. The number of alkyl carbamates (subject to hydrolysis) is 1. The highest BCUT2D eigenvalue weighted by Crippen LogP contribution is 2.19. The average Bonchev–Trinajstić information content (AvgIpc) is 2.52. The van der Waals surface area contributed by atoms with Crippen LogP contribution in [0.15, 0.2) is 48.5 Å². The molecule has 4 nitrogen and oxygen atoms in total. The lowest BCUT2D eigenvalue weighted by Crippen LogP contribution is -2.30. The minimum absolute atomic E-state index is 0.00412. The van der Waals surface area contributed by atoms with E-state index in [1.54, 1.807) is 12.1 Å². The second-order valence-electron chi connectivity index (χ2n) is 4.44. The van der Waals surface area contributed by atoms with Crippen molar-refractivity contribution in [3.05, 3.63) is 70.5 Å². The summed E-state index contributed by atoms with van der Waals surface area (Å²) in [5, 5.41) is 2.27. The largest absolute Gasteiger partial charge is 0.445 e. The fraction of sp³-hybridized carbons (Fsp3) is 0.125. The highest BCUT2D eigenvalue weighted by atomic mass is 35.5. The van der Waals surface area contributed by atoms with Gasteiger partial charge in [0.25, 0.3) is 0 Å². The molecule has 0 radical (unpaired) electrons. The van der Waals surface area contributed by atoms with Crippen LogP contribution < -0.4 is 5.32 Å². The van der Waals surface area contributed by atoms with E-state index in [2.05, 4.69) is 5.32 Å². The molecule has 6 heteroatoms. The van der Waals surface area contributed by atoms with E-state index < -0.39 is 24.2 Å². The molecule has 0 saturated heterocycles. The number of hydrogen-bond donors (Lipinski definition) is 1. The lowest BCUT2D eigenvalue weighted by Gasteiger charge is -2.08. The Bertz CT molecular complexity index is 656. The quantitative estimate of drug-likeness (QED) is 0.856. The maximum Gasteiger partial charge on any atom is 0.407 e. The van der Waals surface area contributed by atoms with Gasteiger partial charge in [-0.05, 0) is 17.7 Å². The molecule has 0 heterocycles. The number of ether oxygens (including phenoxy) is 1. The normalized spacial score (nSPS) is 10.1. The first-order valence-corrected chi connectivity index (χ1v) is 6.87. The van der Waals surface area contributed by atoms with Gasteiger partial charge in [-0.3, -0.25) is 4.79 Å². The first-order chi connectivity index (χ1) is 10.6. The van der Waals surface area contributed by atoms with Gasteiger partial charge in [-0.25, -0.2) is 9.18 Å². The van der Waals surface area contributed by atoms with Crippen molar-refractivity contribution in [1.82, 2.24) is 5.32 Å². The molecule has 114 valence electrons. The molecular weight excluding hydrogens is 309 g/mol. The fourth-order valence-corrected chi connectivity index (χ4v) is 2.05. The smallest absolute Gasteiger partial charge is 0.407 e. The van der Waals surface area contributed by atoms with Gasteiger partial charge in [-0.2, -0.15) is 0 Å². The Labute approximate surface area is 131 Å². The third-order valence-electron chi connectivity index (χ3n) is 2.85. The molecule has 0 aliphatic heterocycles. The van der Waals surface area contributed by atoms with Crippen LogP contribution in [0.25, 0.3) is 0 Å². The lowest BCUT2D eigenvalue weighted by atomic mass is 10.1. The number of rotatable bonds is 5. The van der Waals surface area contributed by atoms with E-state index in [0.717, 1.165) is 11.6 Å². The topological polar surface area (TPSA) is 55.4 Å². The summed E-state index contributed by atoms with van der Waals surface area (Å²) in [5.41, 5.74) is 0.577. The van der Waals surface area contributed by atoms with Crippen molar-refractivity contribution in [3.8, 4) is 0 Å².